The fraction of sp³-hybridized carbons (Fsp3) is 0.235. The van der Waals surface area contributed by atoms with Crippen molar-refractivity contribution in [3.63, 3.8) is 0 Å². The largest absolute Gasteiger partial charge is 0.467 e. The molecule has 26 heavy (non-hydrogen) atoms. The van der Waals surface area contributed by atoms with Gasteiger partial charge in [0, 0.05) is 0 Å². The first-order chi connectivity index (χ1) is 12.6. The standard InChI is InChI=1S/C17H16N2O7/c1-2-23-16(21)13-10(9-26-15(20)12-6-4-8-25-12)18-17(22)19-14(13)11-5-3-7-24-11/h3-8,14H,2,9H2,1H3,(H2,18,19,22). The highest BCUT2D eigenvalue weighted by Gasteiger charge is 2.35. The van der Waals surface area contributed by atoms with Gasteiger partial charge in [-0.1, -0.05) is 0 Å². The first kappa shape index (κ1) is 17.3. The minimum absolute atomic E-state index is 0.00568. The third-order valence-corrected chi connectivity index (χ3v) is 3.55. The average molecular weight is 360 g/mol. The normalized spacial score (nSPS) is 16.7. The second-order valence-electron chi connectivity index (χ2n) is 5.21. The van der Waals surface area contributed by atoms with Crippen LogP contribution >= 0.6 is 0 Å². The molecule has 136 valence electrons. The number of esters is 2. The molecule has 0 aliphatic carbocycles. The second-order valence-corrected chi connectivity index (χ2v) is 5.21. The molecule has 2 aromatic rings. The highest BCUT2D eigenvalue weighted by atomic mass is 16.5. The van der Waals surface area contributed by atoms with Crippen LogP contribution in [0.5, 0.6) is 0 Å². The molecule has 0 spiro atoms. The maximum absolute atomic E-state index is 12.4. The van der Waals surface area contributed by atoms with E-state index < -0.39 is 24.0 Å². The number of amides is 2. The Morgan fingerprint density at radius 3 is 2.54 bits per heavy atom. The van der Waals surface area contributed by atoms with Crippen molar-refractivity contribution in [3.8, 4) is 0 Å². The molecule has 1 atom stereocenters. The van der Waals surface area contributed by atoms with Crippen molar-refractivity contribution in [1.29, 1.82) is 0 Å². The number of ether oxygens (including phenoxy) is 2. The zero-order valence-corrected chi connectivity index (χ0v) is 13.8. The second kappa shape index (κ2) is 7.60. The molecule has 2 aromatic heterocycles. The molecule has 0 aromatic carbocycles. The van der Waals surface area contributed by atoms with E-state index in [0.717, 1.165) is 0 Å². The number of hydrogen-bond acceptors (Lipinski definition) is 7. The van der Waals surface area contributed by atoms with E-state index in [0.29, 0.717) is 5.76 Å². The Hall–Kier alpha value is -3.49. The zero-order chi connectivity index (χ0) is 18.5. The van der Waals surface area contributed by atoms with E-state index in [1.54, 1.807) is 25.1 Å². The lowest BCUT2D eigenvalue weighted by atomic mass is 10.0. The van der Waals surface area contributed by atoms with E-state index in [4.69, 9.17) is 18.3 Å². The molecule has 1 aliphatic heterocycles. The van der Waals surface area contributed by atoms with Crippen LogP contribution in [0.2, 0.25) is 0 Å². The number of nitrogens with one attached hydrogen (secondary N) is 2. The SMILES string of the molecule is CCOC(=O)C1=C(COC(=O)c2ccco2)NC(=O)NC1c1ccco1. The van der Waals surface area contributed by atoms with Crippen molar-refractivity contribution >= 4 is 18.0 Å². The summed E-state index contributed by atoms with van der Waals surface area (Å²) in [5.74, 6) is -1.04. The number of rotatable bonds is 6. The van der Waals surface area contributed by atoms with Crippen LogP contribution in [0, 0.1) is 0 Å². The van der Waals surface area contributed by atoms with Crippen LogP contribution in [0.4, 0.5) is 4.79 Å². The Kier molecular flexibility index (Phi) is 5.07. The highest BCUT2D eigenvalue weighted by Crippen LogP contribution is 2.28. The van der Waals surface area contributed by atoms with E-state index in [1.165, 1.54) is 18.6 Å². The minimum atomic E-state index is -0.866. The molecular formula is C17H16N2O7. The van der Waals surface area contributed by atoms with Gasteiger partial charge in [0.2, 0.25) is 5.76 Å². The summed E-state index contributed by atoms with van der Waals surface area (Å²) in [5.41, 5.74) is 0.196. The molecule has 1 aliphatic rings. The molecule has 0 fully saturated rings. The van der Waals surface area contributed by atoms with Gasteiger partial charge in [-0.05, 0) is 31.2 Å². The summed E-state index contributed by atoms with van der Waals surface area (Å²) in [7, 11) is 0. The average Bonchev–Trinajstić information content (AvgIpc) is 3.32. The van der Waals surface area contributed by atoms with Gasteiger partial charge in [0.15, 0.2) is 0 Å². The molecule has 3 rings (SSSR count). The summed E-state index contributed by atoms with van der Waals surface area (Å²) in [4.78, 5) is 36.3. The summed E-state index contributed by atoms with van der Waals surface area (Å²) >= 11 is 0. The molecule has 1 unspecified atom stereocenters. The van der Waals surface area contributed by atoms with Crippen LogP contribution in [-0.4, -0.2) is 31.2 Å². The lowest BCUT2D eigenvalue weighted by molar-refractivity contribution is -0.139. The molecule has 2 amide bonds. The Labute approximate surface area is 147 Å². The maximum atomic E-state index is 12.4. The molecule has 9 nitrogen and oxygen atoms in total. The molecule has 3 heterocycles. The molecule has 0 radical (unpaired) electrons. The van der Waals surface area contributed by atoms with E-state index in [-0.39, 0.29) is 30.2 Å². The lowest BCUT2D eigenvalue weighted by Gasteiger charge is -2.27. The van der Waals surface area contributed by atoms with Gasteiger partial charge in [-0.2, -0.15) is 0 Å². The van der Waals surface area contributed by atoms with Crippen LogP contribution in [-0.2, 0) is 14.3 Å². The summed E-state index contributed by atoms with van der Waals surface area (Å²) in [6.07, 6.45) is 2.75. The van der Waals surface area contributed by atoms with Gasteiger partial charge >= 0.3 is 18.0 Å². The van der Waals surface area contributed by atoms with Gasteiger partial charge < -0.3 is 28.9 Å². The summed E-state index contributed by atoms with van der Waals surface area (Å²) in [6.45, 7) is 1.45. The van der Waals surface area contributed by atoms with Crippen molar-refractivity contribution in [2.75, 3.05) is 13.2 Å². The third kappa shape index (κ3) is 3.61. The van der Waals surface area contributed by atoms with Crippen LogP contribution in [0.15, 0.2) is 56.9 Å². The molecular weight excluding hydrogens is 344 g/mol. The van der Waals surface area contributed by atoms with Gasteiger partial charge in [0.05, 0.1) is 30.4 Å². The van der Waals surface area contributed by atoms with Crippen molar-refractivity contribution in [1.82, 2.24) is 10.6 Å². The minimum Gasteiger partial charge on any atom is -0.467 e. The highest BCUT2D eigenvalue weighted by molar-refractivity contribution is 5.95. The van der Waals surface area contributed by atoms with Crippen LogP contribution < -0.4 is 10.6 Å². The van der Waals surface area contributed by atoms with Crippen molar-refractivity contribution in [2.24, 2.45) is 0 Å². The summed E-state index contributed by atoms with van der Waals surface area (Å²) in [6, 6.07) is 4.79. The Morgan fingerprint density at radius 1 is 1.12 bits per heavy atom. The van der Waals surface area contributed by atoms with Crippen LogP contribution in [0.3, 0.4) is 0 Å². The number of carbonyl (C=O) groups is 3. The maximum Gasteiger partial charge on any atom is 0.374 e. The van der Waals surface area contributed by atoms with E-state index in [9.17, 15) is 14.4 Å². The predicted octanol–water partition coefficient (Wildman–Crippen LogP) is 1.90. The van der Waals surface area contributed by atoms with E-state index >= 15 is 0 Å². The third-order valence-electron chi connectivity index (χ3n) is 3.55. The lowest BCUT2D eigenvalue weighted by Crippen LogP contribution is -2.47. The Bertz CT molecular complexity index is 821. The van der Waals surface area contributed by atoms with Crippen molar-refractivity contribution < 1.29 is 32.7 Å². The van der Waals surface area contributed by atoms with Crippen molar-refractivity contribution in [3.05, 3.63) is 59.6 Å². The van der Waals surface area contributed by atoms with Crippen molar-refractivity contribution in [2.45, 2.75) is 13.0 Å². The topological polar surface area (TPSA) is 120 Å². The first-order valence-corrected chi connectivity index (χ1v) is 7.81. The fourth-order valence-electron chi connectivity index (χ4n) is 2.45. The van der Waals surface area contributed by atoms with E-state index in [1.807, 2.05) is 0 Å². The fourth-order valence-corrected chi connectivity index (χ4v) is 2.45. The zero-order valence-electron chi connectivity index (χ0n) is 13.8. The van der Waals surface area contributed by atoms with Gasteiger partial charge in [-0.25, -0.2) is 14.4 Å². The monoisotopic (exact) mass is 360 g/mol. The summed E-state index contributed by atoms with van der Waals surface area (Å²) < 4.78 is 20.5. The first-order valence-electron chi connectivity index (χ1n) is 7.81. The molecule has 0 bridgehead atoms. The smallest absolute Gasteiger partial charge is 0.374 e. The molecule has 2 N–H and O–H groups in total. The van der Waals surface area contributed by atoms with Crippen LogP contribution in [0.1, 0.15) is 29.3 Å². The van der Waals surface area contributed by atoms with Crippen LogP contribution in [0.25, 0.3) is 0 Å². The number of furan rings is 2. The molecule has 0 saturated heterocycles. The van der Waals surface area contributed by atoms with E-state index in [2.05, 4.69) is 10.6 Å². The van der Waals surface area contributed by atoms with Gasteiger partial charge in [-0.15, -0.1) is 0 Å². The molecule has 9 heteroatoms. The Morgan fingerprint density at radius 2 is 1.88 bits per heavy atom. The van der Waals surface area contributed by atoms with Gasteiger partial charge in [0.1, 0.15) is 18.4 Å². The quantitative estimate of drug-likeness (QED) is 0.755. The van der Waals surface area contributed by atoms with Gasteiger partial charge in [-0.3, -0.25) is 0 Å². The number of hydrogen-bond donors (Lipinski definition) is 2. The Balaban J connectivity index is 1.89. The number of carbonyl (C=O) groups excluding carboxylic acids is 3. The summed E-state index contributed by atoms with van der Waals surface area (Å²) in [5, 5.41) is 5.07. The predicted molar refractivity (Wildman–Crippen MR) is 85.8 cm³/mol. The number of urea groups is 1. The molecule has 0 saturated carbocycles. The van der Waals surface area contributed by atoms with Gasteiger partial charge in [0.25, 0.3) is 0 Å².